The number of nitrogens with two attached hydrogens (primary N) is 1. The zero-order valence-corrected chi connectivity index (χ0v) is 13.2. The molecule has 6 nitrogen and oxygen atoms in total. The van der Waals surface area contributed by atoms with Crippen molar-refractivity contribution in [3.63, 3.8) is 0 Å². The number of carbonyl (C=O) groups is 2. The monoisotopic (exact) mass is 312 g/mol. The SMILES string of the molecule is CNC(=O)C(C)CN(C)CC(=O)Nc1ccc(N)cc1Cl. The van der Waals surface area contributed by atoms with Gasteiger partial charge in [-0.3, -0.25) is 14.5 Å². The molecule has 0 aliphatic carbocycles. The summed E-state index contributed by atoms with van der Waals surface area (Å²) in [4.78, 5) is 25.1. The first-order valence-electron chi connectivity index (χ1n) is 6.58. The van der Waals surface area contributed by atoms with Gasteiger partial charge in [0.1, 0.15) is 0 Å². The van der Waals surface area contributed by atoms with Crippen LogP contribution in [0.2, 0.25) is 5.02 Å². The summed E-state index contributed by atoms with van der Waals surface area (Å²) in [6.45, 7) is 2.47. The Bertz CT molecular complexity index is 522. The van der Waals surface area contributed by atoms with Crippen LogP contribution in [0.4, 0.5) is 11.4 Å². The van der Waals surface area contributed by atoms with Gasteiger partial charge >= 0.3 is 0 Å². The molecule has 4 N–H and O–H groups in total. The summed E-state index contributed by atoms with van der Waals surface area (Å²) < 4.78 is 0. The van der Waals surface area contributed by atoms with E-state index in [2.05, 4.69) is 10.6 Å². The van der Waals surface area contributed by atoms with Crippen molar-refractivity contribution in [2.75, 3.05) is 38.2 Å². The number of likely N-dealkylation sites (N-methyl/N-ethyl adjacent to an activating group) is 1. The predicted octanol–water partition coefficient (Wildman–Crippen LogP) is 1.17. The third-order valence-corrected chi connectivity index (χ3v) is 3.27. The number of anilines is 2. The molecule has 0 heterocycles. The molecule has 1 aromatic rings. The van der Waals surface area contributed by atoms with Gasteiger partial charge in [0, 0.05) is 25.2 Å². The van der Waals surface area contributed by atoms with Crippen molar-refractivity contribution in [1.29, 1.82) is 0 Å². The van der Waals surface area contributed by atoms with Crippen LogP contribution in [0, 0.1) is 5.92 Å². The van der Waals surface area contributed by atoms with Crippen molar-refractivity contribution >= 4 is 34.8 Å². The molecular weight excluding hydrogens is 292 g/mol. The topological polar surface area (TPSA) is 87.5 Å². The molecule has 21 heavy (non-hydrogen) atoms. The van der Waals surface area contributed by atoms with E-state index in [-0.39, 0.29) is 24.3 Å². The number of nitrogen functional groups attached to an aromatic ring is 1. The van der Waals surface area contributed by atoms with Crippen LogP contribution in [-0.4, -0.2) is 43.9 Å². The fraction of sp³-hybridized carbons (Fsp3) is 0.429. The smallest absolute Gasteiger partial charge is 0.238 e. The second-order valence-electron chi connectivity index (χ2n) is 5.00. The van der Waals surface area contributed by atoms with Crippen LogP contribution in [-0.2, 0) is 9.59 Å². The first-order chi connectivity index (χ1) is 9.83. The molecule has 0 spiro atoms. The molecule has 0 aliphatic heterocycles. The quantitative estimate of drug-likeness (QED) is 0.688. The minimum absolute atomic E-state index is 0.0520. The molecule has 1 aromatic carbocycles. The van der Waals surface area contributed by atoms with Crippen molar-refractivity contribution in [2.45, 2.75) is 6.92 Å². The second kappa shape index (κ2) is 7.85. The largest absolute Gasteiger partial charge is 0.399 e. The molecule has 116 valence electrons. The summed E-state index contributed by atoms with van der Waals surface area (Å²) in [5.74, 6) is -0.440. The van der Waals surface area contributed by atoms with Crippen LogP contribution in [0.15, 0.2) is 18.2 Å². The minimum Gasteiger partial charge on any atom is -0.399 e. The van der Waals surface area contributed by atoms with E-state index in [1.165, 1.54) is 0 Å². The Balaban J connectivity index is 2.51. The lowest BCUT2D eigenvalue weighted by Crippen LogP contribution is -2.38. The van der Waals surface area contributed by atoms with Gasteiger partial charge in [-0.15, -0.1) is 0 Å². The number of rotatable bonds is 6. The Morgan fingerprint density at radius 2 is 2.10 bits per heavy atom. The summed E-state index contributed by atoms with van der Waals surface area (Å²) in [5.41, 5.74) is 6.65. The van der Waals surface area contributed by atoms with Crippen LogP contribution < -0.4 is 16.4 Å². The molecule has 0 fully saturated rings. The van der Waals surface area contributed by atoms with E-state index in [1.807, 2.05) is 6.92 Å². The molecule has 2 amide bonds. The molecular formula is C14H21ClN4O2. The summed E-state index contributed by atoms with van der Waals surface area (Å²) >= 11 is 5.99. The summed E-state index contributed by atoms with van der Waals surface area (Å²) in [7, 11) is 3.37. The van der Waals surface area contributed by atoms with E-state index in [0.717, 1.165) is 0 Å². The standard InChI is InChI=1S/C14H21ClN4O2/c1-9(14(21)17-2)7-19(3)8-13(20)18-12-5-4-10(16)6-11(12)15/h4-6,9H,7-8,16H2,1-3H3,(H,17,21)(H,18,20). The van der Waals surface area contributed by atoms with Gasteiger partial charge in [0.15, 0.2) is 0 Å². The Morgan fingerprint density at radius 1 is 1.43 bits per heavy atom. The number of nitrogens with one attached hydrogen (secondary N) is 2. The fourth-order valence-electron chi connectivity index (χ4n) is 1.93. The average molecular weight is 313 g/mol. The lowest BCUT2D eigenvalue weighted by molar-refractivity contribution is -0.125. The van der Waals surface area contributed by atoms with E-state index in [4.69, 9.17) is 17.3 Å². The second-order valence-corrected chi connectivity index (χ2v) is 5.41. The number of amides is 2. The number of halogens is 1. The molecule has 1 rings (SSSR count). The lowest BCUT2D eigenvalue weighted by atomic mass is 10.1. The van der Waals surface area contributed by atoms with Crippen molar-refractivity contribution in [3.8, 4) is 0 Å². The maximum Gasteiger partial charge on any atom is 0.238 e. The van der Waals surface area contributed by atoms with E-state index >= 15 is 0 Å². The van der Waals surface area contributed by atoms with E-state index in [0.29, 0.717) is 22.9 Å². The Kier molecular flexibility index (Phi) is 6.45. The fourth-order valence-corrected chi connectivity index (χ4v) is 2.17. The number of hydrogen-bond donors (Lipinski definition) is 3. The van der Waals surface area contributed by atoms with E-state index < -0.39 is 0 Å². The Labute approximate surface area is 129 Å². The number of benzene rings is 1. The summed E-state index contributed by atoms with van der Waals surface area (Å²) in [5, 5.41) is 5.69. The average Bonchev–Trinajstić information content (AvgIpc) is 2.40. The summed E-state index contributed by atoms with van der Waals surface area (Å²) in [6, 6.07) is 4.90. The third kappa shape index (κ3) is 5.61. The zero-order valence-electron chi connectivity index (χ0n) is 12.4. The third-order valence-electron chi connectivity index (χ3n) is 2.96. The van der Waals surface area contributed by atoms with E-state index in [1.54, 1.807) is 37.2 Å². The molecule has 0 bridgehead atoms. The molecule has 0 saturated carbocycles. The molecule has 1 atom stereocenters. The first kappa shape index (κ1) is 17.3. The molecule has 1 unspecified atom stereocenters. The maximum absolute atomic E-state index is 11.9. The van der Waals surface area contributed by atoms with Crippen LogP contribution in [0.5, 0.6) is 0 Å². The van der Waals surface area contributed by atoms with Crippen LogP contribution in [0.1, 0.15) is 6.92 Å². The minimum atomic E-state index is -0.201. The Morgan fingerprint density at radius 3 is 2.67 bits per heavy atom. The van der Waals surface area contributed by atoms with Gasteiger partial charge in [0.05, 0.1) is 17.3 Å². The van der Waals surface area contributed by atoms with Gasteiger partial charge in [-0.1, -0.05) is 18.5 Å². The molecule has 7 heteroatoms. The van der Waals surface area contributed by atoms with Crippen LogP contribution in [0.3, 0.4) is 0 Å². The van der Waals surface area contributed by atoms with Crippen molar-refractivity contribution in [3.05, 3.63) is 23.2 Å². The van der Waals surface area contributed by atoms with Gasteiger partial charge in [0.2, 0.25) is 11.8 Å². The normalized spacial score (nSPS) is 12.0. The van der Waals surface area contributed by atoms with E-state index in [9.17, 15) is 9.59 Å². The molecule has 0 saturated heterocycles. The number of hydrogen-bond acceptors (Lipinski definition) is 4. The van der Waals surface area contributed by atoms with Crippen molar-refractivity contribution in [2.24, 2.45) is 5.92 Å². The molecule has 0 aliphatic rings. The molecule has 0 aromatic heterocycles. The van der Waals surface area contributed by atoms with Gasteiger partial charge in [-0.2, -0.15) is 0 Å². The highest BCUT2D eigenvalue weighted by Crippen LogP contribution is 2.23. The lowest BCUT2D eigenvalue weighted by Gasteiger charge is -2.20. The van der Waals surface area contributed by atoms with Gasteiger partial charge in [0.25, 0.3) is 0 Å². The van der Waals surface area contributed by atoms with Gasteiger partial charge < -0.3 is 16.4 Å². The zero-order chi connectivity index (χ0) is 16.0. The highest BCUT2D eigenvalue weighted by molar-refractivity contribution is 6.34. The maximum atomic E-state index is 11.9. The van der Waals surface area contributed by atoms with Gasteiger partial charge in [-0.05, 0) is 25.2 Å². The predicted molar refractivity (Wildman–Crippen MR) is 85.2 cm³/mol. The molecule has 0 radical (unpaired) electrons. The van der Waals surface area contributed by atoms with Crippen molar-refractivity contribution < 1.29 is 9.59 Å². The number of carbonyl (C=O) groups excluding carboxylic acids is 2. The Hall–Kier alpha value is -1.79. The highest BCUT2D eigenvalue weighted by Gasteiger charge is 2.16. The number of nitrogens with zero attached hydrogens (tertiary/aromatic N) is 1. The van der Waals surface area contributed by atoms with Gasteiger partial charge in [-0.25, -0.2) is 0 Å². The summed E-state index contributed by atoms with van der Waals surface area (Å²) in [6.07, 6.45) is 0. The van der Waals surface area contributed by atoms with Crippen LogP contribution >= 0.6 is 11.6 Å². The van der Waals surface area contributed by atoms with Crippen LogP contribution in [0.25, 0.3) is 0 Å². The highest BCUT2D eigenvalue weighted by atomic mass is 35.5. The van der Waals surface area contributed by atoms with Crippen molar-refractivity contribution in [1.82, 2.24) is 10.2 Å². The first-order valence-corrected chi connectivity index (χ1v) is 6.96.